The Morgan fingerprint density at radius 2 is 1.81 bits per heavy atom. The van der Waals surface area contributed by atoms with Crippen molar-refractivity contribution in [1.29, 1.82) is 0 Å². The summed E-state index contributed by atoms with van der Waals surface area (Å²) in [6, 6.07) is 6.18. The van der Waals surface area contributed by atoms with Gasteiger partial charge in [0.25, 0.3) is 5.91 Å². The van der Waals surface area contributed by atoms with E-state index in [1.54, 1.807) is 6.07 Å². The predicted molar refractivity (Wildman–Crippen MR) is 118 cm³/mol. The molecule has 1 aliphatic heterocycles. The van der Waals surface area contributed by atoms with Crippen LogP contribution in [-0.4, -0.2) is 45.8 Å². The molecule has 2 aromatic carbocycles. The first-order valence-electron chi connectivity index (χ1n) is 10.1. The number of likely N-dealkylation sites (tertiary alicyclic amines) is 1. The first kappa shape index (κ1) is 22.3. The number of carbonyl (C=O) groups is 1. The van der Waals surface area contributed by atoms with E-state index in [-0.39, 0.29) is 30.3 Å². The average Bonchev–Trinajstić information content (AvgIpc) is 2.71. The number of aliphatic hydroxyl groups is 2. The van der Waals surface area contributed by atoms with Crippen molar-refractivity contribution >= 4 is 39.9 Å². The molecule has 1 saturated carbocycles. The molecule has 1 unspecified atom stereocenters. The molecule has 2 fully saturated rings. The summed E-state index contributed by atoms with van der Waals surface area (Å²) < 4.78 is 43.3. The van der Waals surface area contributed by atoms with Gasteiger partial charge in [-0.15, -0.1) is 0 Å². The monoisotopic (exact) mass is 546 g/mol. The Balaban J connectivity index is 1.57. The molecule has 3 N–H and O–H groups in total. The Morgan fingerprint density at radius 3 is 2.48 bits per heavy atom. The van der Waals surface area contributed by atoms with Gasteiger partial charge in [-0.3, -0.25) is 4.79 Å². The van der Waals surface area contributed by atoms with Gasteiger partial charge in [0.1, 0.15) is 11.4 Å². The molecule has 2 aliphatic rings. The highest BCUT2D eigenvalue weighted by atomic mass is 127. The van der Waals surface area contributed by atoms with E-state index in [2.05, 4.69) is 5.32 Å². The van der Waals surface area contributed by atoms with Gasteiger partial charge in [-0.1, -0.05) is 12.8 Å². The lowest BCUT2D eigenvalue weighted by Gasteiger charge is -2.52. The molecule has 2 atom stereocenters. The van der Waals surface area contributed by atoms with Crippen molar-refractivity contribution in [3.63, 3.8) is 0 Å². The van der Waals surface area contributed by atoms with Crippen LogP contribution in [0.4, 0.5) is 24.5 Å². The van der Waals surface area contributed by atoms with Crippen molar-refractivity contribution in [3.05, 3.63) is 56.9 Å². The van der Waals surface area contributed by atoms with Crippen LogP contribution < -0.4 is 5.32 Å². The van der Waals surface area contributed by atoms with Crippen molar-refractivity contribution < 1.29 is 28.2 Å². The molecule has 2 aromatic rings. The number of amides is 1. The standard InChI is InChI=1S/C22H22F3IN2O3/c23-15-7-6-13(20(19(15)25)27-17-8-5-12(26)9-16(17)24)21(30)28-10-22(31,11-28)14-3-1-2-4-18(14)29/h5-9,14,18,27,29,31H,1-4,10-11H2/t14?,18-/m1/s1. The Kier molecular flexibility index (Phi) is 6.19. The second kappa shape index (κ2) is 8.59. The Bertz CT molecular complexity index is 1010. The smallest absolute Gasteiger partial charge is 0.256 e. The Hall–Kier alpha value is -1.85. The lowest BCUT2D eigenvalue weighted by molar-refractivity contribution is -0.156. The zero-order valence-corrected chi connectivity index (χ0v) is 18.7. The van der Waals surface area contributed by atoms with Crippen molar-refractivity contribution in [2.24, 2.45) is 5.92 Å². The number of anilines is 2. The molecular weight excluding hydrogens is 524 g/mol. The van der Waals surface area contributed by atoms with E-state index >= 15 is 0 Å². The zero-order valence-electron chi connectivity index (χ0n) is 16.5. The highest BCUT2D eigenvalue weighted by Gasteiger charge is 2.52. The summed E-state index contributed by atoms with van der Waals surface area (Å²) in [5.41, 5.74) is -1.92. The molecule has 4 rings (SSSR count). The van der Waals surface area contributed by atoms with Gasteiger partial charge in [0, 0.05) is 9.49 Å². The highest BCUT2D eigenvalue weighted by molar-refractivity contribution is 14.1. The maximum absolute atomic E-state index is 14.6. The summed E-state index contributed by atoms with van der Waals surface area (Å²) in [4.78, 5) is 14.3. The molecule has 31 heavy (non-hydrogen) atoms. The average molecular weight is 546 g/mol. The van der Waals surface area contributed by atoms with Crippen LogP contribution in [0, 0.1) is 26.9 Å². The molecule has 0 aromatic heterocycles. The van der Waals surface area contributed by atoms with Crippen molar-refractivity contribution in [1.82, 2.24) is 4.90 Å². The second-order valence-corrected chi connectivity index (χ2v) is 9.50. The number of nitrogens with one attached hydrogen (secondary N) is 1. The van der Waals surface area contributed by atoms with Crippen molar-refractivity contribution in [2.45, 2.75) is 37.4 Å². The number of aliphatic hydroxyl groups excluding tert-OH is 1. The summed E-state index contributed by atoms with van der Waals surface area (Å²) in [6.45, 7) is -0.0201. The maximum Gasteiger partial charge on any atom is 0.256 e. The van der Waals surface area contributed by atoms with Crippen LogP contribution >= 0.6 is 22.6 Å². The Morgan fingerprint density at radius 1 is 1.10 bits per heavy atom. The first-order chi connectivity index (χ1) is 14.7. The molecule has 1 aliphatic carbocycles. The summed E-state index contributed by atoms with van der Waals surface area (Å²) >= 11 is 1.92. The van der Waals surface area contributed by atoms with E-state index in [4.69, 9.17) is 0 Å². The van der Waals surface area contributed by atoms with Gasteiger partial charge in [-0.25, -0.2) is 13.2 Å². The van der Waals surface area contributed by atoms with Gasteiger partial charge in [0.2, 0.25) is 0 Å². The number of β-amino-alcohol motifs (C(OH)–C–C–N with tert-alkyl or cyclic N) is 1. The second-order valence-electron chi connectivity index (χ2n) is 8.26. The van der Waals surface area contributed by atoms with Gasteiger partial charge in [0.15, 0.2) is 11.6 Å². The molecule has 1 heterocycles. The molecule has 0 radical (unpaired) electrons. The lowest BCUT2D eigenvalue weighted by Crippen LogP contribution is -2.68. The van der Waals surface area contributed by atoms with Gasteiger partial charge in [-0.05, 0) is 65.8 Å². The summed E-state index contributed by atoms with van der Waals surface area (Å²) in [7, 11) is 0. The SMILES string of the molecule is O=C(c1ccc(F)c(F)c1Nc1ccc(I)cc1F)N1CC(O)(C2CCCC[C@H]2O)C1. The number of benzene rings is 2. The number of carbonyl (C=O) groups excluding carboxylic acids is 1. The van der Waals surface area contributed by atoms with Gasteiger partial charge in [-0.2, -0.15) is 0 Å². The van der Waals surface area contributed by atoms with E-state index in [9.17, 15) is 28.2 Å². The fourth-order valence-corrected chi connectivity index (χ4v) is 4.93. The van der Waals surface area contributed by atoms with E-state index in [1.165, 1.54) is 17.0 Å². The third kappa shape index (κ3) is 4.27. The van der Waals surface area contributed by atoms with E-state index in [0.717, 1.165) is 25.0 Å². The fraction of sp³-hybridized carbons (Fsp3) is 0.409. The number of nitrogens with zero attached hydrogens (tertiary/aromatic N) is 1. The van der Waals surface area contributed by atoms with Crippen LogP contribution in [0.2, 0.25) is 0 Å². The van der Waals surface area contributed by atoms with Crippen LogP contribution in [0.3, 0.4) is 0 Å². The number of halogens is 4. The predicted octanol–water partition coefficient (Wildman–Crippen LogP) is 4.19. The minimum absolute atomic E-state index is 0.0100. The van der Waals surface area contributed by atoms with Crippen LogP contribution in [0.15, 0.2) is 30.3 Å². The van der Waals surface area contributed by atoms with Crippen molar-refractivity contribution in [3.8, 4) is 0 Å². The van der Waals surface area contributed by atoms with Gasteiger partial charge >= 0.3 is 0 Å². The molecule has 1 amide bonds. The molecule has 166 valence electrons. The summed E-state index contributed by atoms with van der Waals surface area (Å²) in [6.07, 6.45) is 2.45. The zero-order chi connectivity index (χ0) is 22.3. The van der Waals surface area contributed by atoms with Crippen molar-refractivity contribution in [2.75, 3.05) is 18.4 Å². The molecule has 1 saturated heterocycles. The molecule has 0 spiro atoms. The van der Waals surface area contributed by atoms with E-state index in [0.29, 0.717) is 16.4 Å². The fourth-order valence-electron chi connectivity index (χ4n) is 4.48. The van der Waals surface area contributed by atoms with Crippen LogP contribution in [0.5, 0.6) is 0 Å². The quantitative estimate of drug-likeness (QED) is 0.504. The number of rotatable bonds is 4. The molecule has 5 nitrogen and oxygen atoms in total. The normalized spacial score (nSPS) is 22.7. The van der Waals surface area contributed by atoms with Crippen LogP contribution in [-0.2, 0) is 0 Å². The minimum atomic E-state index is -1.29. The molecule has 0 bridgehead atoms. The van der Waals surface area contributed by atoms with Crippen LogP contribution in [0.1, 0.15) is 36.0 Å². The molecule has 9 heteroatoms. The van der Waals surface area contributed by atoms with E-state index in [1.807, 2.05) is 22.6 Å². The van der Waals surface area contributed by atoms with Gasteiger partial charge in [0.05, 0.1) is 36.1 Å². The Labute approximate surface area is 191 Å². The number of hydrogen-bond acceptors (Lipinski definition) is 4. The topological polar surface area (TPSA) is 72.8 Å². The third-order valence-electron chi connectivity index (χ3n) is 6.15. The largest absolute Gasteiger partial charge is 0.393 e. The maximum atomic E-state index is 14.6. The summed E-state index contributed by atoms with van der Waals surface area (Å²) in [5.74, 6) is -4.06. The molecular formula is C22H22F3IN2O3. The lowest BCUT2D eigenvalue weighted by atomic mass is 9.71. The first-order valence-corrected chi connectivity index (χ1v) is 11.2. The third-order valence-corrected chi connectivity index (χ3v) is 6.82. The summed E-state index contributed by atoms with van der Waals surface area (Å²) in [5, 5.41) is 23.6. The van der Waals surface area contributed by atoms with Gasteiger partial charge < -0.3 is 20.4 Å². The highest BCUT2D eigenvalue weighted by Crippen LogP contribution is 2.40. The van der Waals surface area contributed by atoms with Crippen LogP contribution in [0.25, 0.3) is 0 Å². The number of hydrogen-bond donors (Lipinski definition) is 3. The van der Waals surface area contributed by atoms with E-state index < -0.39 is 40.8 Å². The minimum Gasteiger partial charge on any atom is -0.393 e.